The van der Waals surface area contributed by atoms with Crippen LogP contribution in [0.3, 0.4) is 0 Å². The topological polar surface area (TPSA) is 34.1 Å². The van der Waals surface area contributed by atoms with Crippen molar-refractivity contribution in [1.29, 1.82) is 0 Å². The van der Waals surface area contributed by atoms with Crippen molar-refractivity contribution in [2.45, 2.75) is 41.9 Å². The molecular weight excluding hydrogens is 324 g/mol. The summed E-state index contributed by atoms with van der Waals surface area (Å²) in [4.78, 5) is 25.7. The molecule has 0 aliphatic rings. The highest BCUT2D eigenvalue weighted by atomic mass is 32.2. The molecule has 0 amide bonds. The summed E-state index contributed by atoms with van der Waals surface area (Å²) in [5.74, 6) is 0. The van der Waals surface area contributed by atoms with Gasteiger partial charge in [-0.15, -0.1) is 0 Å². The highest BCUT2D eigenvalue weighted by molar-refractivity contribution is 8.13. The molecule has 0 aromatic heterocycles. The standard InChI is InChI=1S/C19H20O2S2/c20-18(22-16-10-4-1-5-11-16)14-8-3-9-15-19(21)23-17-12-6-2-7-13-17/h1-2,4-7,10-13H,3,8-9,14-15H2. The molecule has 0 N–H and O–H groups in total. The quantitative estimate of drug-likeness (QED) is 0.463. The molecule has 0 unspecified atom stereocenters. The molecule has 0 aliphatic heterocycles. The minimum absolute atomic E-state index is 0.196. The fourth-order valence-electron chi connectivity index (χ4n) is 2.06. The summed E-state index contributed by atoms with van der Waals surface area (Å²) >= 11 is 2.60. The summed E-state index contributed by atoms with van der Waals surface area (Å²) in [6.45, 7) is 0. The Balaban J connectivity index is 1.55. The van der Waals surface area contributed by atoms with Crippen molar-refractivity contribution < 1.29 is 9.59 Å². The Morgan fingerprint density at radius 3 is 1.39 bits per heavy atom. The zero-order valence-electron chi connectivity index (χ0n) is 12.9. The normalized spacial score (nSPS) is 10.4. The van der Waals surface area contributed by atoms with E-state index in [1.165, 1.54) is 23.5 Å². The highest BCUT2D eigenvalue weighted by Gasteiger charge is 2.06. The SMILES string of the molecule is O=C(CCCCCC(=O)Sc1ccccc1)Sc1ccccc1. The molecule has 120 valence electrons. The third kappa shape index (κ3) is 7.53. The van der Waals surface area contributed by atoms with Gasteiger partial charge in [-0.05, 0) is 37.1 Å². The second-order valence-corrected chi connectivity index (χ2v) is 7.40. The maximum Gasteiger partial charge on any atom is 0.193 e. The van der Waals surface area contributed by atoms with Gasteiger partial charge < -0.3 is 0 Å². The lowest BCUT2D eigenvalue weighted by molar-refractivity contribution is -0.111. The van der Waals surface area contributed by atoms with E-state index in [1.54, 1.807) is 0 Å². The van der Waals surface area contributed by atoms with Crippen LogP contribution in [0.2, 0.25) is 0 Å². The van der Waals surface area contributed by atoms with Gasteiger partial charge in [-0.3, -0.25) is 9.59 Å². The van der Waals surface area contributed by atoms with Crippen LogP contribution in [0.15, 0.2) is 70.5 Å². The van der Waals surface area contributed by atoms with Crippen LogP contribution >= 0.6 is 23.5 Å². The fraction of sp³-hybridized carbons (Fsp3) is 0.263. The molecule has 0 atom stereocenters. The summed E-state index contributed by atoms with van der Waals surface area (Å²) in [5.41, 5.74) is 0. The van der Waals surface area contributed by atoms with E-state index < -0.39 is 0 Å². The van der Waals surface area contributed by atoms with E-state index in [1.807, 2.05) is 60.7 Å². The molecule has 4 heteroatoms. The van der Waals surface area contributed by atoms with Gasteiger partial charge in [-0.25, -0.2) is 0 Å². The molecule has 0 saturated carbocycles. The van der Waals surface area contributed by atoms with Gasteiger partial charge in [0.15, 0.2) is 10.2 Å². The summed E-state index contributed by atoms with van der Waals surface area (Å²) in [6, 6.07) is 19.4. The van der Waals surface area contributed by atoms with Crippen molar-refractivity contribution in [1.82, 2.24) is 0 Å². The lowest BCUT2D eigenvalue weighted by atomic mass is 10.2. The first-order valence-electron chi connectivity index (χ1n) is 7.75. The Morgan fingerprint density at radius 2 is 1.00 bits per heavy atom. The van der Waals surface area contributed by atoms with Gasteiger partial charge in [-0.1, -0.05) is 66.3 Å². The molecule has 23 heavy (non-hydrogen) atoms. The molecular formula is C19H20O2S2. The van der Waals surface area contributed by atoms with Crippen molar-refractivity contribution in [3.05, 3.63) is 60.7 Å². The van der Waals surface area contributed by atoms with E-state index in [9.17, 15) is 9.59 Å². The third-order valence-electron chi connectivity index (χ3n) is 3.21. The van der Waals surface area contributed by atoms with Crippen LogP contribution in [0, 0.1) is 0 Å². The van der Waals surface area contributed by atoms with Crippen LogP contribution in [-0.4, -0.2) is 10.2 Å². The van der Waals surface area contributed by atoms with Gasteiger partial charge in [0.2, 0.25) is 0 Å². The van der Waals surface area contributed by atoms with E-state index in [-0.39, 0.29) is 10.2 Å². The van der Waals surface area contributed by atoms with E-state index in [0.29, 0.717) is 12.8 Å². The molecule has 2 aromatic rings. The van der Waals surface area contributed by atoms with Crippen LogP contribution in [0.1, 0.15) is 32.1 Å². The molecule has 2 rings (SSSR count). The van der Waals surface area contributed by atoms with Crippen molar-refractivity contribution in [2.75, 3.05) is 0 Å². The van der Waals surface area contributed by atoms with E-state index in [2.05, 4.69) is 0 Å². The monoisotopic (exact) mass is 344 g/mol. The molecule has 2 nitrogen and oxygen atoms in total. The number of carbonyl (C=O) groups excluding carboxylic acids is 2. The van der Waals surface area contributed by atoms with Gasteiger partial charge in [0.05, 0.1) is 0 Å². The van der Waals surface area contributed by atoms with E-state index >= 15 is 0 Å². The van der Waals surface area contributed by atoms with Crippen LogP contribution < -0.4 is 0 Å². The summed E-state index contributed by atoms with van der Waals surface area (Å²) < 4.78 is 0. The summed E-state index contributed by atoms with van der Waals surface area (Å²) in [7, 11) is 0. The van der Waals surface area contributed by atoms with Crippen LogP contribution in [0.5, 0.6) is 0 Å². The summed E-state index contributed by atoms with van der Waals surface area (Å²) in [5, 5.41) is 0.391. The summed E-state index contributed by atoms with van der Waals surface area (Å²) in [6.07, 6.45) is 3.76. The molecule has 0 heterocycles. The Labute approximate surface area is 146 Å². The highest BCUT2D eigenvalue weighted by Crippen LogP contribution is 2.22. The minimum atomic E-state index is 0.196. The average molecular weight is 345 g/mol. The predicted molar refractivity (Wildman–Crippen MR) is 97.7 cm³/mol. The smallest absolute Gasteiger partial charge is 0.193 e. The van der Waals surface area contributed by atoms with Gasteiger partial charge in [0, 0.05) is 22.6 Å². The maximum atomic E-state index is 11.8. The lowest BCUT2D eigenvalue weighted by Crippen LogP contribution is -1.94. The molecule has 0 fully saturated rings. The second kappa shape index (κ2) is 10.3. The van der Waals surface area contributed by atoms with E-state index in [0.717, 1.165) is 29.1 Å². The van der Waals surface area contributed by atoms with Crippen molar-refractivity contribution in [2.24, 2.45) is 0 Å². The number of hydrogen-bond donors (Lipinski definition) is 0. The molecule has 0 radical (unpaired) electrons. The van der Waals surface area contributed by atoms with E-state index in [4.69, 9.17) is 0 Å². The first-order chi connectivity index (χ1) is 11.2. The van der Waals surface area contributed by atoms with Crippen molar-refractivity contribution >= 4 is 33.8 Å². The molecule has 0 saturated heterocycles. The first-order valence-corrected chi connectivity index (χ1v) is 9.39. The number of unbranched alkanes of at least 4 members (excludes halogenated alkanes) is 2. The zero-order valence-corrected chi connectivity index (χ0v) is 14.6. The molecule has 2 aromatic carbocycles. The lowest BCUT2D eigenvalue weighted by Gasteiger charge is -2.02. The molecule has 0 bridgehead atoms. The number of rotatable bonds is 8. The number of hydrogen-bond acceptors (Lipinski definition) is 4. The van der Waals surface area contributed by atoms with Gasteiger partial charge in [0.25, 0.3) is 0 Å². The fourth-order valence-corrected chi connectivity index (χ4v) is 3.66. The zero-order chi connectivity index (χ0) is 16.3. The number of carbonyl (C=O) groups is 2. The van der Waals surface area contributed by atoms with Crippen LogP contribution in [-0.2, 0) is 9.59 Å². The van der Waals surface area contributed by atoms with Gasteiger partial charge in [0.1, 0.15) is 0 Å². The van der Waals surface area contributed by atoms with Crippen LogP contribution in [0.25, 0.3) is 0 Å². The Morgan fingerprint density at radius 1 is 0.609 bits per heavy atom. The number of benzene rings is 2. The Hall–Kier alpha value is -1.52. The molecule has 0 spiro atoms. The average Bonchev–Trinajstić information content (AvgIpc) is 2.56. The van der Waals surface area contributed by atoms with Crippen LogP contribution in [0.4, 0.5) is 0 Å². The van der Waals surface area contributed by atoms with Gasteiger partial charge in [-0.2, -0.15) is 0 Å². The predicted octanol–water partition coefficient (Wildman–Crippen LogP) is 5.57. The largest absolute Gasteiger partial charge is 0.287 e. The number of thioether (sulfide) groups is 2. The van der Waals surface area contributed by atoms with Gasteiger partial charge >= 0.3 is 0 Å². The first kappa shape index (κ1) is 17.8. The Bertz CT molecular complexity index is 556. The van der Waals surface area contributed by atoms with Crippen molar-refractivity contribution in [3.8, 4) is 0 Å². The molecule has 0 aliphatic carbocycles. The maximum absolute atomic E-state index is 11.8. The Kier molecular flexibility index (Phi) is 7.98. The third-order valence-corrected chi connectivity index (χ3v) is 5.09. The second-order valence-electron chi connectivity index (χ2n) is 5.13. The minimum Gasteiger partial charge on any atom is -0.287 e. The van der Waals surface area contributed by atoms with Crippen molar-refractivity contribution in [3.63, 3.8) is 0 Å².